The smallest absolute Gasteiger partial charge is 0.317 e. The molecule has 25 heavy (non-hydrogen) atoms. The van der Waals surface area contributed by atoms with Gasteiger partial charge in [-0.3, -0.25) is 4.98 Å². The molecule has 0 radical (unpaired) electrons. The molecule has 7 heteroatoms. The summed E-state index contributed by atoms with van der Waals surface area (Å²) in [6, 6.07) is 11.4. The van der Waals surface area contributed by atoms with Crippen molar-refractivity contribution in [2.24, 2.45) is 0 Å². The van der Waals surface area contributed by atoms with Crippen LogP contribution in [0.2, 0.25) is 0 Å². The van der Waals surface area contributed by atoms with Crippen molar-refractivity contribution in [2.75, 3.05) is 31.1 Å². The fraction of sp³-hybridized carbons (Fsp3) is 0.333. The molecule has 0 unspecified atom stereocenters. The van der Waals surface area contributed by atoms with E-state index < -0.39 is 0 Å². The third-order valence-electron chi connectivity index (χ3n) is 4.13. The van der Waals surface area contributed by atoms with Crippen molar-refractivity contribution in [2.45, 2.75) is 13.5 Å². The summed E-state index contributed by atoms with van der Waals surface area (Å²) in [5.74, 6) is 0.836. The number of piperazine rings is 1. The van der Waals surface area contributed by atoms with Gasteiger partial charge in [0.15, 0.2) is 0 Å². The zero-order valence-electron chi connectivity index (χ0n) is 14.1. The first kappa shape index (κ1) is 16.7. The van der Waals surface area contributed by atoms with Crippen molar-refractivity contribution in [3.8, 4) is 6.07 Å². The Bertz CT molecular complexity index is 775. The zero-order chi connectivity index (χ0) is 17.6. The van der Waals surface area contributed by atoms with Crippen LogP contribution in [0.1, 0.15) is 17.0 Å². The van der Waals surface area contributed by atoms with Crippen LogP contribution in [0, 0.1) is 18.3 Å². The van der Waals surface area contributed by atoms with Crippen molar-refractivity contribution in [3.05, 3.63) is 53.5 Å². The standard InChI is InChI=1S/C18H20N6O/c1-14-3-2-4-16(22-14)13-21-18(25)24-9-7-23(8-10-24)17-6-5-15(11-19)12-20-17/h2-6,12H,7-10,13H2,1H3,(H,21,25). The molecule has 128 valence electrons. The van der Waals surface area contributed by atoms with Gasteiger partial charge in [-0.1, -0.05) is 6.07 Å². The summed E-state index contributed by atoms with van der Waals surface area (Å²) in [4.78, 5) is 24.9. The van der Waals surface area contributed by atoms with E-state index in [4.69, 9.17) is 5.26 Å². The highest BCUT2D eigenvalue weighted by Gasteiger charge is 2.21. The number of nitriles is 1. The van der Waals surface area contributed by atoms with Gasteiger partial charge in [-0.25, -0.2) is 9.78 Å². The molecule has 2 aromatic heterocycles. The van der Waals surface area contributed by atoms with Crippen LogP contribution in [-0.4, -0.2) is 47.1 Å². The van der Waals surface area contributed by atoms with Crippen LogP contribution in [0.3, 0.4) is 0 Å². The lowest BCUT2D eigenvalue weighted by Gasteiger charge is -2.35. The Hall–Kier alpha value is -3.14. The van der Waals surface area contributed by atoms with E-state index in [1.165, 1.54) is 0 Å². The van der Waals surface area contributed by atoms with Crippen molar-refractivity contribution in [1.29, 1.82) is 5.26 Å². The SMILES string of the molecule is Cc1cccc(CNC(=O)N2CCN(c3ccc(C#N)cn3)CC2)n1. The normalized spacial score (nSPS) is 14.1. The molecule has 1 aliphatic rings. The molecule has 1 saturated heterocycles. The Morgan fingerprint density at radius 1 is 1.24 bits per heavy atom. The number of nitrogens with zero attached hydrogens (tertiary/aromatic N) is 5. The molecule has 0 aromatic carbocycles. The van der Waals surface area contributed by atoms with Gasteiger partial charge in [-0.2, -0.15) is 5.26 Å². The predicted molar refractivity (Wildman–Crippen MR) is 93.9 cm³/mol. The van der Waals surface area contributed by atoms with E-state index >= 15 is 0 Å². The summed E-state index contributed by atoms with van der Waals surface area (Å²) in [5, 5.41) is 11.7. The highest BCUT2D eigenvalue weighted by atomic mass is 16.2. The van der Waals surface area contributed by atoms with Gasteiger partial charge in [0.1, 0.15) is 11.9 Å². The van der Waals surface area contributed by atoms with Gasteiger partial charge in [-0.05, 0) is 31.2 Å². The number of nitrogens with one attached hydrogen (secondary N) is 1. The van der Waals surface area contributed by atoms with Gasteiger partial charge in [0.25, 0.3) is 0 Å². The molecule has 3 heterocycles. The van der Waals surface area contributed by atoms with Gasteiger partial charge < -0.3 is 15.1 Å². The first-order valence-corrected chi connectivity index (χ1v) is 8.22. The van der Waals surface area contributed by atoms with E-state index in [0.29, 0.717) is 25.2 Å². The highest BCUT2D eigenvalue weighted by Crippen LogP contribution is 2.14. The largest absolute Gasteiger partial charge is 0.353 e. The molecule has 1 fully saturated rings. The van der Waals surface area contributed by atoms with Gasteiger partial charge in [-0.15, -0.1) is 0 Å². The topological polar surface area (TPSA) is 85.2 Å². The van der Waals surface area contributed by atoms with Crippen LogP contribution in [-0.2, 0) is 6.54 Å². The second kappa shape index (κ2) is 7.62. The number of rotatable bonds is 3. The first-order chi connectivity index (χ1) is 12.2. The Kier molecular flexibility index (Phi) is 5.09. The summed E-state index contributed by atoms with van der Waals surface area (Å²) < 4.78 is 0. The average Bonchev–Trinajstić information content (AvgIpc) is 2.66. The van der Waals surface area contributed by atoms with Gasteiger partial charge in [0, 0.05) is 38.1 Å². The Balaban J connectivity index is 1.49. The summed E-state index contributed by atoms with van der Waals surface area (Å²) in [7, 11) is 0. The van der Waals surface area contributed by atoms with E-state index in [9.17, 15) is 4.79 Å². The molecule has 0 spiro atoms. The van der Waals surface area contributed by atoms with Crippen LogP contribution in [0.4, 0.5) is 10.6 Å². The lowest BCUT2D eigenvalue weighted by molar-refractivity contribution is 0.193. The summed E-state index contributed by atoms with van der Waals surface area (Å²) in [5.41, 5.74) is 2.34. The molecule has 2 aromatic rings. The molecule has 7 nitrogen and oxygen atoms in total. The minimum absolute atomic E-state index is 0.0734. The third kappa shape index (κ3) is 4.23. The molecule has 0 bridgehead atoms. The summed E-state index contributed by atoms with van der Waals surface area (Å²) in [6.07, 6.45) is 1.57. The van der Waals surface area contributed by atoms with E-state index in [-0.39, 0.29) is 6.03 Å². The van der Waals surface area contributed by atoms with Crippen LogP contribution in [0.5, 0.6) is 0 Å². The number of hydrogen-bond acceptors (Lipinski definition) is 5. The summed E-state index contributed by atoms with van der Waals surface area (Å²) >= 11 is 0. The van der Waals surface area contributed by atoms with Crippen LogP contribution < -0.4 is 10.2 Å². The number of aryl methyl sites for hydroxylation is 1. The molecule has 0 aliphatic carbocycles. The maximum absolute atomic E-state index is 12.3. The molecular formula is C18H20N6O. The fourth-order valence-electron chi connectivity index (χ4n) is 2.75. The van der Waals surface area contributed by atoms with E-state index in [2.05, 4.69) is 26.3 Å². The number of urea groups is 1. The number of anilines is 1. The van der Waals surface area contributed by atoms with Crippen molar-refractivity contribution in [1.82, 2.24) is 20.2 Å². The van der Waals surface area contributed by atoms with Crippen molar-refractivity contribution < 1.29 is 4.79 Å². The number of amides is 2. The third-order valence-corrected chi connectivity index (χ3v) is 4.13. The average molecular weight is 336 g/mol. The van der Waals surface area contributed by atoms with E-state index in [0.717, 1.165) is 30.3 Å². The number of pyridine rings is 2. The minimum Gasteiger partial charge on any atom is -0.353 e. The second-order valence-corrected chi connectivity index (χ2v) is 5.92. The molecule has 0 atom stereocenters. The highest BCUT2D eigenvalue weighted by molar-refractivity contribution is 5.74. The Labute approximate surface area is 146 Å². The lowest BCUT2D eigenvalue weighted by Crippen LogP contribution is -2.51. The molecular weight excluding hydrogens is 316 g/mol. The number of hydrogen-bond donors (Lipinski definition) is 1. The van der Waals surface area contributed by atoms with Gasteiger partial charge in [0.2, 0.25) is 0 Å². The first-order valence-electron chi connectivity index (χ1n) is 8.22. The minimum atomic E-state index is -0.0734. The lowest BCUT2D eigenvalue weighted by atomic mass is 10.2. The number of aromatic nitrogens is 2. The van der Waals surface area contributed by atoms with E-state index in [1.807, 2.05) is 31.2 Å². The Morgan fingerprint density at radius 2 is 2.04 bits per heavy atom. The fourth-order valence-corrected chi connectivity index (χ4v) is 2.75. The monoisotopic (exact) mass is 336 g/mol. The van der Waals surface area contributed by atoms with Crippen LogP contribution in [0.25, 0.3) is 0 Å². The molecule has 3 rings (SSSR count). The van der Waals surface area contributed by atoms with Crippen LogP contribution in [0.15, 0.2) is 36.5 Å². The van der Waals surface area contributed by atoms with Crippen LogP contribution >= 0.6 is 0 Å². The maximum Gasteiger partial charge on any atom is 0.317 e. The molecule has 1 aliphatic heterocycles. The second-order valence-electron chi connectivity index (χ2n) is 5.92. The summed E-state index contributed by atoms with van der Waals surface area (Å²) in [6.45, 7) is 5.06. The van der Waals surface area contributed by atoms with Crippen molar-refractivity contribution >= 4 is 11.8 Å². The number of carbonyl (C=O) groups excluding carboxylic acids is 1. The van der Waals surface area contributed by atoms with Crippen molar-refractivity contribution in [3.63, 3.8) is 0 Å². The Morgan fingerprint density at radius 3 is 2.68 bits per heavy atom. The number of carbonyl (C=O) groups is 1. The maximum atomic E-state index is 12.3. The van der Waals surface area contributed by atoms with Gasteiger partial charge in [0.05, 0.1) is 17.8 Å². The zero-order valence-corrected chi connectivity index (χ0v) is 14.1. The molecule has 1 N–H and O–H groups in total. The molecule has 2 amide bonds. The quantitative estimate of drug-likeness (QED) is 0.922. The predicted octanol–water partition coefficient (Wildman–Crippen LogP) is 1.69. The molecule has 0 saturated carbocycles. The van der Waals surface area contributed by atoms with E-state index in [1.54, 1.807) is 17.2 Å². The van der Waals surface area contributed by atoms with Gasteiger partial charge >= 0.3 is 6.03 Å².